The molecule has 0 atom stereocenters. The van der Waals surface area contributed by atoms with Gasteiger partial charge >= 0.3 is 0 Å². The van der Waals surface area contributed by atoms with E-state index in [1.807, 2.05) is 12.1 Å². The van der Waals surface area contributed by atoms with Crippen LogP contribution in [0.15, 0.2) is 12.1 Å². The molecule has 88 valence electrons. The molecular weight excluding hydrogens is 204 g/mol. The second-order valence-corrected chi connectivity index (χ2v) is 3.96. The lowest BCUT2D eigenvalue weighted by atomic mass is 10.1. The molecule has 0 aromatic carbocycles. The maximum atomic E-state index is 5.84. The third-order valence-electron chi connectivity index (χ3n) is 2.81. The molecule has 4 N–H and O–H groups in total. The minimum atomic E-state index is 0.485. The van der Waals surface area contributed by atoms with Crippen molar-refractivity contribution in [2.45, 2.75) is 18.9 Å². The van der Waals surface area contributed by atoms with Gasteiger partial charge in [0.1, 0.15) is 0 Å². The van der Waals surface area contributed by atoms with Crippen LogP contribution >= 0.6 is 0 Å². The molecule has 1 aromatic heterocycles. The van der Waals surface area contributed by atoms with Gasteiger partial charge < -0.3 is 21.1 Å². The highest BCUT2D eigenvalue weighted by Crippen LogP contribution is 2.22. The number of anilines is 2. The van der Waals surface area contributed by atoms with E-state index in [-0.39, 0.29) is 0 Å². The Kier molecular flexibility index (Phi) is 3.46. The van der Waals surface area contributed by atoms with Crippen LogP contribution in [0.3, 0.4) is 0 Å². The van der Waals surface area contributed by atoms with Gasteiger partial charge in [-0.05, 0) is 32.0 Å². The van der Waals surface area contributed by atoms with Crippen LogP contribution in [0.1, 0.15) is 12.8 Å². The highest BCUT2D eigenvalue weighted by molar-refractivity contribution is 5.62. The van der Waals surface area contributed by atoms with Gasteiger partial charge in [0.2, 0.25) is 5.88 Å². The first-order valence-corrected chi connectivity index (χ1v) is 5.57. The van der Waals surface area contributed by atoms with Crippen molar-refractivity contribution in [1.82, 2.24) is 10.3 Å². The Balaban J connectivity index is 2.03. The summed E-state index contributed by atoms with van der Waals surface area (Å²) >= 11 is 0. The molecule has 1 saturated heterocycles. The summed E-state index contributed by atoms with van der Waals surface area (Å²) in [6, 6.07) is 4.22. The lowest BCUT2D eigenvalue weighted by Crippen LogP contribution is -2.35. The fourth-order valence-corrected chi connectivity index (χ4v) is 1.88. The van der Waals surface area contributed by atoms with Crippen molar-refractivity contribution in [1.29, 1.82) is 0 Å². The topological polar surface area (TPSA) is 72.2 Å². The number of hydrogen-bond acceptors (Lipinski definition) is 5. The average Bonchev–Trinajstić information content (AvgIpc) is 2.33. The normalized spacial score (nSPS) is 17.1. The number of nitrogens with two attached hydrogens (primary N) is 1. The fourth-order valence-electron chi connectivity index (χ4n) is 1.88. The molecule has 2 heterocycles. The lowest BCUT2D eigenvalue weighted by Gasteiger charge is -2.25. The molecule has 0 spiro atoms. The van der Waals surface area contributed by atoms with Crippen molar-refractivity contribution < 1.29 is 4.74 Å². The van der Waals surface area contributed by atoms with Crippen LogP contribution in [0.4, 0.5) is 11.5 Å². The SMILES string of the molecule is COc1ccc(NC2CCNCC2)c(N)n1. The quantitative estimate of drug-likeness (QED) is 0.706. The number of hydrogen-bond donors (Lipinski definition) is 3. The summed E-state index contributed by atoms with van der Waals surface area (Å²) in [7, 11) is 1.59. The first kappa shape index (κ1) is 11.0. The van der Waals surface area contributed by atoms with Crippen LogP contribution in [0.5, 0.6) is 5.88 Å². The van der Waals surface area contributed by atoms with E-state index in [0.717, 1.165) is 31.6 Å². The number of pyridine rings is 1. The van der Waals surface area contributed by atoms with E-state index < -0.39 is 0 Å². The van der Waals surface area contributed by atoms with Gasteiger partial charge in [-0.1, -0.05) is 0 Å². The molecule has 0 aliphatic carbocycles. The Hall–Kier alpha value is -1.49. The van der Waals surface area contributed by atoms with Crippen molar-refractivity contribution in [3.05, 3.63) is 12.1 Å². The third kappa shape index (κ3) is 2.55. The highest BCUT2D eigenvalue weighted by atomic mass is 16.5. The summed E-state index contributed by atoms with van der Waals surface area (Å²) in [4.78, 5) is 4.13. The van der Waals surface area contributed by atoms with Crippen molar-refractivity contribution in [2.24, 2.45) is 0 Å². The van der Waals surface area contributed by atoms with E-state index in [2.05, 4.69) is 15.6 Å². The standard InChI is InChI=1S/C11H18N4O/c1-16-10-3-2-9(11(12)15-10)14-8-4-6-13-7-5-8/h2-3,8,13-14H,4-7H2,1H3,(H2,12,15). The van der Waals surface area contributed by atoms with Crippen LogP contribution in [0, 0.1) is 0 Å². The van der Waals surface area contributed by atoms with Gasteiger partial charge in [-0.3, -0.25) is 0 Å². The molecule has 0 radical (unpaired) electrons. The largest absolute Gasteiger partial charge is 0.481 e. The van der Waals surface area contributed by atoms with Crippen molar-refractivity contribution in [3.63, 3.8) is 0 Å². The van der Waals surface area contributed by atoms with Crippen LogP contribution in [0.2, 0.25) is 0 Å². The van der Waals surface area contributed by atoms with E-state index in [0.29, 0.717) is 17.7 Å². The summed E-state index contributed by atoms with van der Waals surface area (Å²) in [5.74, 6) is 1.05. The van der Waals surface area contributed by atoms with Crippen LogP contribution in [-0.2, 0) is 0 Å². The predicted octanol–water partition coefficient (Wildman–Crippen LogP) is 0.836. The Morgan fingerprint density at radius 2 is 2.19 bits per heavy atom. The summed E-state index contributed by atoms with van der Waals surface area (Å²) in [6.45, 7) is 2.11. The van der Waals surface area contributed by atoms with Crippen LogP contribution in [-0.4, -0.2) is 31.2 Å². The van der Waals surface area contributed by atoms with Crippen LogP contribution < -0.4 is 21.1 Å². The Morgan fingerprint density at radius 1 is 1.44 bits per heavy atom. The number of piperidine rings is 1. The zero-order chi connectivity index (χ0) is 11.4. The molecule has 1 aromatic rings. The van der Waals surface area contributed by atoms with Crippen LogP contribution in [0.25, 0.3) is 0 Å². The van der Waals surface area contributed by atoms with Gasteiger partial charge in [-0.25, -0.2) is 0 Å². The molecule has 1 aliphatic rings. The Morgan fingerprint density at radius 3 is 2.81 bits per heavy atom. The van der Waals surface area contributed by atoms with Gasteiger partial charge in [0, 0.05) is 12.1 Å². The minimum absolute atomic E-state index is 0.485. The number of aromatic nitrogens is 1. The Bertz CT molecular complexity index is 350. The zero-order valence-electron chi connectivity index (χ0n) is 9.49. The van der Waals surface area contributed by atoms with Gasteiger partial charge in [-0.15, -0.1) is 0 Å². The molecule has 0 saturated carbocycles. The minimum Gasteiger partial charge on any atom is -0.481 e. The van der Waals surface area contributed by atoms with E-state index in [4.69, 9.17) is 10.5 Å². The molecule has 1 fully saturated rings. The van der Waals surface area contributed by atoms with Crippen molar-refractivity contribution in [3.8, 4) is 5.88 Å². The number of nitrogen functional groups attached to an aromatic ring is 1. The molecule has 5 nitrogen and oxygen atoms in total. The van der Waals surface area contributed by atoms with Gasteiger partial charge in [-0.2, -0.15) is 4.98 Å². The van der Waals surface area contributed by atoms with E-state index >= 15 is 0 Å². The molecule has 1 aliphatic heterocycles. The maximum absolute atomic E-state index is 5.84. The molecule has 0 amide bonds. The average molecular weight is 222 g/mol. The lowest BCUT2D eigenvalue weighted by molar-refractivity contribution is 0.398. The van der Waals surface area contributed by atoms with Crippen molar-refractivity contribution >= 4 is 11.5 Å². The molecule has 16 heavy (non-hydrogen) atoms. The number of nitrogens with zero attached hydrogens (tertiary/aromatic N) is 1. The third-order valence-corrected chi connectivity index (χ3v) is 2.81. The fraction of sp³-hybridized carbons (Fsp3) is 0.545. The second kappa shape index (κ2) is 5.03. The number of nitrogens with one attached hydrogen (secondary N) is 2. The first-order valence-electron chi connectivity index (χ1n) is 5.57. The number of methoxy groups -OCH3 is 1. The molecule has 0 bridgehead atoms. The van der Waals surface area contributed by atoms with E-state index in [9.17, 15) is 0 Å². The summed E-state index contributed by atoms with van der Waals surface area (Å²) in [5.41, 5.74) is 6.74. The first-order chi connectivity index (χ1) is 7.79. The monoisotopic (exact) mass is 222 g/mol. The summed E-state index contributed by atoms with van der Waals surface area (Å²) < 4.78 is 5.01. The number of rotatable bonds is 3. The van der Waals surface area contributed by atoms with Crippen molar-refractivity contribution in [2.75, 3.05) is 31.2 Å². The molecular formula is C11H18N4O. The molecule has 5 heteroatoms. The summed E-state index contributed by atoms with van der Waals surface area (Å²) in [5, 5.41) is 6.74. The van der Waals surface area contributed by atoms with E-state index in [1.54, 1.807) is 7.11 Å². The molecule has 2 rings (SSSR count). The molecule has 0 unspecified atom stereocenters. The smallest absolute Gasteiger partial charge is 0.215 e. The highest BCUT2D eigenvalue weighted by Gasteiger charge is 2.14. The summed E-state index contributed by atoms with van der Waals surface area (Å²) in [6.07, 6.45) is 2.23. The number of ether oxygens (including phenoxy) is 1. The zero-order valence-corrected chi connectivity index (χ0v) is 9.49. The Labute approximate surface area is 95.4 Å². The maximum Gasteiger partial charge on any atom is 0.215 e. The van der Waals surface area contributed by atoms with Gasteiger partial charge in [0.15, 0.2) is 5.82 Å². The van der Waals surface area contributed by atoms with Gasteiger partial charge in [0.25, 0.3) is 0 Å². The predicted molar refractivity (Wildman–Crippen MR) is 64.7 cm³/mol. The van der Waals surface area contributed by atoms with Gasteiger partial charge in [0.05, 0.1) is 12.8 Å². The second-order valence-electron chi connectivity index (χ2n) is 3.96. The van der Waals surface area contributed by atoms with E-state index in [1.165, 1.54) is 0 Å².